The van der Waals surface area contributed by atoms with Gasteiger partial charge in [0, 0.05) is 37.6 Å². The third-order valence-corrected chi connectivity index (χ3v) is 4.80. The van der Waals surface area contributed by atoms with Crippen LogP contribution in [0.25, 0.3) is 0 Å². The van der Waals surface area contributed by atoms with Crippen molar-refractivity contribution in [2.45, 2.75) is 51.0 Å². The Bertz CT molecular complexity index is 559. The zero-order chi connectivity index (χ0) is 17.4. The highest BCUT2D eigenvalue weighted by Crippen LogP contribution is 2.23. The lowest BCUT2D eigenvalue weighted by molar-refractivity contribution is -0.122. The molecule has 0 aromatic heterocycles. The minimum Gasteiger partial charge on any atom is -0.396 e. The van der Waals surface area contributed by atoms with Gasteiger partial charge in [0.1, 0.15) is 0 Å². The highest BCUT2D eigenvalue weighted by molar-refractivity contribution is 5.94. The molecule has 0 radical (unpaired) electrons. The number of amides is 2. The Hall–Kier alpha value is -1.88. The average molecular weight is 332 g/mol. The smallest absolute Gasteiger partial charge is 0.251 e. The monoisotopic (exact) mass is 332 g/mol. The van der Waals surface area contributed by atoms with Crippen LogP contribution >= 0.6 is 0 Å². The van der Waals surface area contributed by atoms with Crippen molar-refractivity contribution in [3.05, 3.63) is 35.4 Å². The van der Waals surface area contributed by atoms with Crippen LogP contribution in [-0.4, -0.2) is 36.6 Å². The lowest BCUT2D eigenvalue weighted by Gasteiger charge is -2.24. The van der Waals surface area contributed by atoms with Crippen molar-refractivity contribution in [3.8, 4) is 0 Å². The van der Waals surface area contributed by atoms with Gasteiger partial charge < -0.3 is 15.7 Å². The molecular formula is C19H28N2O3. The van der Waals surface area contributed by atoms with E-state index in [9.17, 15) is 14.7 Å². The lowest BCUT2D eigenvalue weighted by Crippen LogP contribution is -2.41. The molecule has 132 valence electrons. The summed E-state index contributed by atoms with van der Waals surface area (Å²) in [5.74, 6) is 0.0734. The summed E-state index contributed by atoms with van der Waals surface area (Å²) in [4.78, 5) is 23.9. The minimum absolute atomic E-state index is 0.0192. The molecule has 5 nitrogen and oxygen atoms in total. The second-order valence-corrected chi connectivity index (χ2v) is 6.53. The number of aliphatic hydroxyl groups is 1. The third kappa shape index (κ3) is 5.34. The normalized spacial score (nSPS) is 20.9. The number of nitrogens with one attached hydrogen (secondary N) is 2. The van der Waals surface area contributed by atoms with E-state index in [1.807, 2.05) is 18.2 Å². The molecule has 0 heterocycles. The molecule has 0 aliphatic heterocycles. The van der Waals surface area contributed by atoms with Gasteiger partial charge >= 0.3 is 0 Å². The molecule has 1 saturated carbocycles. The molecule has 24 heavy (non-hydrogen) atoms. The molecule has 3 N–H and O–H groups in total. The van der Waals surface area contributed by atoms with E-state index in [2.05, 4.69) is 10.6 Å². The molecule has 1 aromatic carbocycles. The number of carbonyl (C=O) groups excluding carboxylic acids is 2. The van der Waals surface area contributed by atoms with Crippen molar-refractivity contribution in [1.82, 2.24) is 10.6 Å². The Balaban J connectivity index is 1.87. The van der Waals surface area contributed by atoms with Crippen molar-refractivity contribution in [1.29, 1.82) is 0 Å². The molecule has 0 spiro atoms. The predicted molar refractivity (Wildman–Crippen MR) is 93.7 cm³/mol. The first kappa shape index (κ1) is 18.5. The number of carbonyl (C=O) groups is 2. The summed E-state index contributed by atoms with van der Waals surface area (Å²) in [5.41, 5.74) is 1.59. The van der Waals surface area contributed by atoms with E-state index < -0.39 is 0 Å². The highest BCUT2D eigenvalue weighted by Gasteiger charge is 2.24. The van der Waals surface area contributed by atoms with Crippen LogP contribution in [0.1, 0.15) is 54.4 Å². The minimum atomic E-state index is -0.120. The topological polar surface area (TPSA) is 78.4 Å². The van der Waals surface area contributed by atoms with Crippen LogP contribution < -0.4 is 10.6 Å². The van der Waals surface area contributed by atoms with E-state index in [0.717, 1.165) is 31.2 Å². The van der Waals surface area contributed by atoms with Gasteiger partial charge in [-0.05, 0) is 37.0 Å². The molecule has 2 unspecified atom stereocenters. The predicted octanol–water partition coefficient (Wildman–Crippen LogP) is 2.04. The first-order chi connectivity index (χ1) is 11.6. The number of aliphatic hydroxyl groups excluding tert-OH is 1. The second-order valence-electron chi connectivity index (χ2n) is 6.53. The van der Waals surface area contributed by atoms with Crippen LogP contribution in [0.15, 0.2) is 24.3 Å². The fourth-order valence-corrected chi connectivity index (χ4v) is 3.34. The standard InChI is InChI=1S/C19H28N2O3/c1-20-19(24)15-8-5-6-14(12-15)10-11-18(23)21-17-9-4-2-3-7-16(17)13-22/h5-6,8,12,16-17,22H,2-4,7,9-11,13H2,1H3,(H,20,24)(H,21,23). The molecule has 0 saturated heterocycles. The summed E-state index contributed by atoms with van der Waals surface area (Å²) in [5, 5.41) is 15.2. The maximum atomic E-state index is 12.3. The van der Waals surface area contributed by atoms with Gasteiger partial charge in [-0.15, -0.1) is 0 Å². The van der Waals surface area contributed by atoms with Crippen molar-refractivity contribution in [2.24, 2.45) is 5.92 Å². The molecule has 5 heteroatoms. The molecule has 1 fully saturated rings. The maximum Gasteiger partial charge on any atom is 0.251 e. The van der Waals surface area contributed by atoms with Crippen molar-refractivity contribution in [3.63, 3.8) is 0 Å². The largest absolute Gasteiger partial charge is 0.396 e. The van der Waals surface area contributed by atoms with Crippen molar-refractivity contribution in [2.75, 3.05) is 13.7 Å². The Labute approximate surface area is 143 Å². The number of benzene rings is 1. The van der Waals surface area contributed by atoms with Gasteiger partial charge in [0.15, 0.2) is 0 Å². The first-order valence-corrected chi connectivity index (χ1v) is 8.85. The van der Waals surface area contributed by atoms with Crippen LogP contribution in [0.5, 0.6) is 0 Å². The maximum absolute atomic E-state index is 12.3. The summed E-state index contributed by atoms with van der Waals surface area (Å²) in [7, 11) is 1.60. The van der Waals surface area contributed by atoms with Crippen LogP contribution in [0.3, 0.4) is 0 Å². The van der Waals surface area contributed by atoms with Gasteiger partial charge in [-0.1, -0.05) is 31.4 Å². The summed E-state index contributed by atoms with van der Waals surface area (Å²) in [6, 6.07) is 7.45. The molecular weight excluding hydrogens is 304 g/mol. The van der Waals surface area contributed by atoms with E-state index in [1.54, 1.807) is 13.1 Å². The lowest BCUT2D eigenvalue weighted by atomic mass is 9.95. The Kier molecular flexibility index (Phi) is 7.25. The van der Waals surface area contributed by atoms with Gasteiger partial charge in [0.05, 0.1) is 0 Å². The van der Waals surface area contributed by atoms with E-state index >= 15 is 0 Å². The third-order valence-electron chi connectivity index (χ3n) is 4.80. The van der Waals surface area contributed by atoms with E-state index in [0.29, 0.717) is 18.4 Å². The van der Waals surface area contributed by atoms with E-state index in [4.69, 9.17) is 0 Å². The molecule has 2 amide bonds. The average Bonchev–Trinajstić information content (AvgIpc) is 2.84. The zero-order valence-corrected chi connectivity index (χ0v) is 14.4. The van der Waals surface area contributed by atoms with Crippen LogP contribution in [0.2, 0.25) is 0 Å². The fraction of sp³-hybridized carbons (Fsp3) is 0.579. The van der Waals surface area contributed by atoms with Crippen LogP contribution in [0.4, 0.5) is 0 Å². The van der Waals surface area contributed by atoms with Crippen LogP contribution in [-0.2, 0) is 11.2 Å². The van der Waals surface area contributed by atoms with E-state index in [1.165, 1.54) is 6.42 Å². The quantitative estimate of drug-likeness (QED) is 0.698. The molecule has 2 rings (SSSR count). The number of hydrogen-bond donors (Lipinski definition) is 3. The molecule has 1 aliphatic rings. The first-order valence-electron chi connectivity index (χ1n) is 8.85. The Morgan fingerprint density at radius 1 is 1.21 bits per heavy atom. The Morgan fingerprint density at radius 3 is 2.75 bits per heavy atom. The number of hydrogen-bond acceptors (Lipinski definition) is 3. The molecule has 1 aliphatic carbocycles. The number of aryl methyl sites for hydroxylation is 1. The molecule has 1 aromatic rings. The summed E-state index contributed by atoms with van der Waals surface area (Å²) in [6.07, 6.45) is 6.34. The summed E-state index contributed by atoms with van der Waals surface area (Å²) in [6.45, 7) is 0.138. The van der Waals surface area contributed by atoms with Gasteiger partial charge in [0.25, 0.3) is 5.91 Å². The van der Waals surface area contributed by atoms with Gasteiger partial charge in [0.2, 0.25) is 5.91 Å². The zero-order valence-electron chi connectivity index (χ0n) is 14.4. The SMILES string of the molecule is CNC(=O)c1cccc(CCC(=O)NC2CCCCCC2CO)c1. The van der Waals surface area contributed by atoms with Gasteiger partial charge in [-0.25, -0.2) is 0 Å². The molecule has 2 atom stereocenters. The highest BCUT2D eigenvalue weighted by atomic mass is 16.3. The summed E-state index contributed by atoms with van der Waals surface area (Å²) >= 11 is 0. The van der Waals surface area contributed by atoms with Gasteiger partial charge in [-0.3, -0.25) is 9.59 Å². The van der Waals surface area contributed by atoms with Crippen molar-refractivity contribution < 1.29 is 14.7 Å². The van der Waals surface area contributed by atoms with Crippen LogP contribution in [0, 0.1) is 5.92 Å². The van der Waals surface area contributed by atoms with Crippen molar-refractivity contribution >= 4 is 11.8 Å². The Morgan fingerprint density at radius 2 is 2.00 bits per heavy atom. The van der Waals surface area contributed by atoms with E-state index in [-0.39, 0.29) is 30.4 Å². The molecule has 0 bridgehead atoms. The number of rotatable bonds is 6. The van der Waals surface area contributed by atoms with Gasteiger partial charge in [-0.2, -0.15) is 0 Å². The fourth-order valence-electron chi connectivity index (χ4n) is 3.34. The summed E-state index contributed by atoms with van der Waals surface area (Å²) < 4.78 is 0. The second kappa shape index (κ2) is 9.42.